The highest BCUT2D eigenvalue weighted by molar-refractivity contribution is 5.96. The van der Waals surface area contributed by atoms with Gasteiger partial charge in [-0.3, -0.25) is 0 Å². The number of halogens is 1. The van der Waals surface area contributed by atoms with Crippen molar-refractivity contribution in [1.82, 2.24) is 19.5 Å². The van der Waals surface area contributed by atoms with E-state index in [9.17, 15) is 24.2 Å². The number of ether oxygens (including phenoxy) is 1. The molecule has 3 heterocycles. The van der Waals surface area contributed by atoms with E-state index in [2.05, 4.69) is 10.4 Å². The summed E-state index contributed by atoms with van der Waals surface area (Å²) < 4.78 is 21.5. The Balaban J connectivity index is 1.61. The lowest BCUT2D eigenvalue weighted by molar-refractivity contribution is 0.0597. The number of nitrogens with one attached hydrogen (secondary N) is 1. The lowest BCUT2D eigenvalue weighted by atomic mass is 10.0. The fourth-order valence-corrected chi connectivity index (χ4v) is 4.68. The molecule has 5 rings (SSSR count). The maximum absolute atomic E-state index is 14.3. The molecule has 0 unspecified atom stereocenters. The Hall–Kier alpha value is -3.93. The molecule has 3 aromatic rings. The van der Waals surface area contributed by atoms with E-state index in [0.717, 1.165) is 23.3 Å². The van der Waals surface area contributed by atoms with Crippen LogP contribution in [0.4, 0.5) is 31.3 Å². The van der Waals surface area contributed by atoms with Gasteiger partial charge in [0.25, 0.3) is 0 Å². The van der Waals surface area contributed by atoms with Gasteiger partial charge in [-0.15, -0.1) is 0 Å². The molecule has 12 heteroatoms. The molecule has 1 saturated heterocycles. The van der Waals surface area contributed by atoms with E-state index < -0.39 is 35.8 Å². The third-order valence-corrected chi connectivity index (χ3v) is 6.42. The number of nitrogens with zero attached hydrogens (tertiary/aromatic N) is 5. The minimum atomic E-state index is -1.12. The van der Waals surface area contributed by atoms with E-state index >= 15 is 0 Å². The van der Waals surface area contributed by atoms with Crippen LogP contribution in [0.3, 0.4) is 0 Å². The largest absolute Gasteiger partial charge is 0.465 e. The van der Waals surface area contributed by atoms with E-state index in [1.807, 2.05) is 0 Å². The second-order valence-electron chi connectivity index (χ2n) is 10.8. The zero-order chi connectivity index (χ0) is 27.2. The van der Waals surface area contributed by atoms with Crippen LogP contribution in [0.5, 0.6) is 0 Å². The van der Waals surface area contributed by atoms with Crippen LogP contribution in [0.2, 0.25) is 0 Å². The first kappa shape index (κ1) is 25.7. The molecule has 2 aliphatic rings. The molecular formula is C26H31FN6O5. The molecule has 0 spiro atoms. The standard InChI is InChI=1S/C26H31FN6O5/c1-26(2,3)38-25(37)32(18-6-4-5-16(27)9-18)22-11-21(29-17-10-19(34)14-31(13-17)24(35)36)30-23-20(15-7-8-15)12-28-33(22)23/h4-6,9,11-12,15,17,19,34H,7-8,10,13-14H2,1-3H3,(H,29,30)(H,35,36)/t17-,19-/m0/s1. The van der Waals surface area contributed by atoms with Gasteiger partial charge in [0.05, 0.1) is 24.5 Å². The smallest absolute Gasteiger partial charge is 0.420 e. The first-order valence-electron chi connectivity index (χ1n) is 12.6. The zero-order valence-electron chi connectivity index (χ0n) is 21.5. The van der Waals surface area contributed by atoms with E-state index in [-0.39, 0.29) is 24.6 Å². The average molecular weight is 527 g/mol. The number of fused-ring (bicyclic) bond motifs is 1. The number of benzene rings is 1. The first-order chi connectivity index (χ1) is 18.0. The quantitative estimate of drug-likeness (QED) is 0.447. The van der Waals surface area contributed by atoms with Crippen LogP contribution in [-0.2, 0) is 4.74 Å². The van der Waals surface area contributed by atoms with E-state index in [1.165, 1.54) is 27.6 Å². The molecule has 2 amide bonds. The number of carbonyl (C=O) groups is 2. The lowest BCUT2D eigenvalue weighted by Crippen LogP contribution is -2.50. The highest BCUT2D eigenvalue weighted by atomic mass is 19.1. The molecule has 1 saturated carbocycles. The van der Waals surface area contributed by atoms with Crippen molar-refractivity contribution in [3.63, 3.8) is 0 Å². The molecule has 2 fully saturated rings. The van der Waals surface area contributed by atoms with Crippen LogP contribution >= 0.6 is 0 Å². The number of amides is 2. The molecule has 38 heavy (non-hydrogen) atoms. The Morgan fingerprint density at radius 1 is 1.21 bits per heavy atom. The van der Waals surface area contributed by atoms with Crippen LogP contribution in [0, 0.1) is 5.82 Å². The fourth-order valence-electron chi connectivity index (χ4n) is 4.68. The number of aliphatic hydroxyl groups excluding tert-OH is 1. The SMILES string of the molecule is CC(C)(C)OC(=O)N(c1cccc(F)c1)c1cc(N[C@H]2C[C@H](O)CN(C(=O)O)C2)nc2c(C3CC3)cnn12. The third-order valence-electron chi connectivity index (χ3n) is 6.42. The number of likely N-dealkylation sites (tertiary alicyclic amines) is 1. The van der Waals surface area contributed by atoms with Crippen molar-refractivity contribution < 1.29 is 28.9 Å². The predicted molar refractivity (Wildman–Crippen MR) is 137 cm³/mol. The van der Waals surface area contributed by atoms with Crippen molar-refractivity contribution >= 4 is 35.2 Å². The van der Waals surface area contributed by atoms with E-state index in [0.29, 0.717) is 23.8 Å². The number of carbonyl (C=O) groups excluding carboxylic acids is 1. The zero-order valence-corrected chi connectivity index (χ0v) is 21.5. The molecular weight excluding hydrogens is 495 g/mol. The number of hydrogen-bond acceptors (Lipinski definition) is 7. The highest BCUT2D eigenvalue weighted by Gasteiger charge is 2.33. The van der Waals surface area contributed by atoms with Gasteiger partial charge in [0, 0.05) is 24.2 Å². The Labute approximate surface area is 218 Å². The fraction of sp³-hybridized carbons (Fsp3) is 0.462. The summed E-state index contributed by atoms with van der Waals surface area (Å²) in [5.41, 5.74) is 0.877. The Morgan fingerprint density at radius 3 is 2.63 bits per heavy atom. The van der Waals surface area contributed by atoms with Gasteiger partial charge in [-0.1, -0.05) is 6.07 Å². The summed E-state index contributed by atoms with van der Waals surface area (Å²) in [6.07, 6.45) is 1.37. The summed E-state index contributed by atoms with van der Waals surface area (Å²) in [4.78, 5) is 32.2. The van der Waals surface area contributed by atoms with Crippen LogP contribution in [0.1, 0.15) is 51.5 Å². The molecule has 0 radical (unpaired) electrons. The topological polar surface area (TPSA) is 133 Å². The number of carboxylic acid groups (broad SMARTS) is 1. The summed E-state index contributed by atoms with van der Waals surface area (Å²) in [7, 11) is 0. The summed E-state index contributed by atoms with van der Waals surface area (Å²) in [5, 5.41) is 27.5. The molecule has 11 nitrogen and oxygen atoms in total. The molecule has 1 aliphatic carbocycles. The van der Waals surface area contributed by atoms with Crippen LogP contribution in [0.25, 0.3) is 5.65 Å². The monoisotopic (exact) mass is 526 g/mol. The molecule has 3 N–H and O–H groups in total. The molecule has 202 valence electrons. The third kappa shape index (κ3) is 5.49. The van der Waals surface area contributed by atoms with Crippen molar-refractivity contribution in [3.8, 4) is 0 Å². The van der Waals surface area contributed by atoms with Gasteiger partial charge in [-0.2, -0.15) is 9.61 Å². The van der Waals surface area contributed by atoms with Crippen molar-refractivity contribution in [2.24, 2.45) is 0 Å². The van der Waals surface area contributed by atoms with Crippen molar-refractivity contribution in [1.29, 1.82) is 0 Å². The van der Waals surface area contributed by atoms with Crippen molar-refractivity contribution in [2.45, 2.75) is 63.7 Å². The number of hydrogen-bond donors (Lipinski definition) is 3. The average Bonchev–Trinajstić information content (AvgIpc) is 3.56. The second kappa shape index (κ2) is 9.75. The van der Waals surface area contributed by atoms with Gasteiger partial charge in [0.15, 0.2) is 5.65 Å². The first-order valence-corrected chi connectivity index (χ1v) is 12.6. The molecule has 2 atom stereocenters. The van der Waals surface area contributed by atoms with Crippen LogP contribution < -0.4 is 10.2 Å². The molecule has 2 aromatic heterocycles. The van der Waals surface area contributed by atoms with Gasteiger partial charge < -0.3 is 25.2 Å². The van der Waals surface area contributed by atoms with Gasteiger partial charge in [0.1, 0.15) is 23.1 Å². The highest BCUT2D eigenvalue weighted by Crippen LogP contribution is 2.43. The van der Waals surface area contributed by atoms with Crippen LogP contribution in [-0.4, -0.2) is 72.7 Å². The van der Waals surface area contributed by atoms with Gasteiger partial charge in [-0.05, 0) is 64.2 Å². The maximum Gasteiger partial charge on any atom is 0.420 e. The lowest BCUT2D eigenvalue weighted by Gasteiger charge is -2.34. The van der Waals surface area contributed by atoms with Crippen LogP contribution in [0.15, 0.2) is 36.5 Å². The van der Waals surface area contributed by atoms with E-state index in [4.69, 9.17) is 9.72 Å². The summed E-state index contributed by atoms with van der Waals surface area (Å²) in [5.74, 6) is 0.412. The van der Waals surface area contributed by atoms with Gasteiger partial charge in [-0.25, -0.2) is 23.9 Å². The maximum atomic E-state index is 14.3. The minimum Gasteiger partial charge on any atom is -0.465 e. The van der Waals surface area contributed by atoms with Gasteiger partial charge in [0.2, 0.25) is 0 Å². The summed E-state index contributed by atoms with van der Waals surface area (Å²) in [6.45, 7) is 5.41. The molecule has 1 aromatic carbocycles. The number of aromatic nitrogens is 3. The summed E-state index contributed by atoms with van der Waals surface area (Å²) >= 11 is 0. The van der Waals surface area contributed by atoms with Crippen molar-refractivity contribution in [3.05, 3.63) is 47.9 Å². The number of piperidine rings is 1. The molecule has 0 bridgehead atoms. The number of rotatable bonds is 5. The molecule has 1 aliphatic heterocycles. The predicted octanol–water partition coefficient (Wildman–Crippen LogP) is 4.34. The Kier molecular flexibility index (Phi) is 6.59. The van der Waals surface area contributed by atoms with Gasteiger partial charge >= 0.3 is 12.2 Å². The number of aliphatic hydroxyl groups is 1. The Morgan fingerprint density at radius 2 is 1.97 bits per heavy atom. The number of anilines is 3. The Bertz CT molecular complexity index is 1370. The summed E-state index contributed by atoms with van der Waals surface area (Å²) in [6, 6.07) is 6.79. The minimum absolute atomic E-state index is 0.0334. The van der Waals surface area contributed by atoms with E-state index in [1.54, 1.807) is 39.1 Å². The normalized spacial score (nSPS) is 19.9. The second-order valence-corrected chi connectivity index (χ2v) is 10.8. The van der Waals surface area contributed by atoms with Crippen molar-refractivity contribution in [2.75, 3.05) is 23.3 Å². The number of β-amino-alcohol motifs (C(OH)–C–C–N with tert-alkyl or cyclic N) is 1.